The SMILES string of the molecule is CC[C@@H]1CN(C(=O)Cc2ccc(CN3CCN(CCO)CC3)c(C(F)(F)F)c2)Cc2cc(Oc3ccnc4[nH]c(CO)cc34)ccc21. The first-order valence-electron chi connectivity index (χ1n) is 16.1. The smallest absolute Gasteiger partial charge is 0.416 e. The molecule has 1 saturated heterocycles. The number of pyridine rings is 1. The third-order valence-corrected chi connectivity index (χ3v) is 9.26. The molecule has 1 amide bonds. The van der Waals surface area contributed by atoms with E-state index >= 15 is 0 Å². The van der Waals surface area contributed by atoms with Crippen LogP contribution in [0.15, 0.2) is 54.7 Å². The number of benzene rings is 2. The van der Waals surface area contributed by atoms with Gasteiger partial charge in [0.1, 0.15) is 17.1 Å². The van der Waals surface area contributed by atoms with Gasteiger partial charge in [-0.25, -0.2) is 4.98 Å². The summed E-state index contributed by atoms with van der Waals surface area (Å²) < 4.78 is 48.9. The van der Waals surface area contributed by atoms with E-state index in [4.69, 9.17) is 9.84 Å². The van der Waals surface area contributed by atoms with Gasteiger partial charge >= 0.3 is 6.18 Å². The number of aliphatic hydroxyl groups excluding tert-OH is 2. The third-order valence-electron chi connectivity index (χ3n) is 9.26. The summed E-state index contributed by atoms with van der Waals surface area (Å²) in [5.41, 5.74) is 3.14. The lowest BCUT2D eigenvalue weighted by atomic mass is 9.87. The molecule has 4 aromatic rings. The van der Waals surface area contributed by atoms with Crippen LogP contribution in [0, 0.1) is 0 Å². The Kier molecular flexibility index (Phi) is 9.83. The number of carbonyl (C=O) groups excluding carboxylic acids is 1. The highest BCUT2D eigenvalue weighted by Crippen LogP contribution is 2.37. The summed E-state index contributed by atoms with van der Waals surface area (Å²) in [5, 5.41) is 19.4. The summed E-state index contributed by atoms with van der Waals surface area (Å²) in [6.07, 6.45) is -2.24. The van der Waals surface area contributed by atoms with Crippen LogP contribution < -0.4 is 4.74 Å². The molecule has 3 N–H and O–H groups in total. The molecule has 1 fully saturated rings. The molecule has 2 aromatic heterocycles. The molecule has 2 aliphatic heterocycles. The van der Waals surface area contributed by atoms with Crippen LogP contribution in [0.1, 0.15) is 52.8 Å². The van der Waals surface area contributed by atoms with Gasteiger partial charge in [0.25, 0.3) is 0 Å². The van der Waals surface area contributed by atoms with Crippen molar-refractivity contribution in [2.75, 3.05) is 45.9 Å². The van der Waals surface area contributed by atoms with Gasteiger partial charge < -0.3 is 24.8 Å². The second kappa shape index (κ2) is 14.0. The Morgan fingerprint density at radius 2 is 1.83 bits per heavy atom. The standard InChI is InChI=1S/C35H40F3N5O4/c1-2-24-20-43(21-26-17-28(5-6-29(24)26)47-32-7-8-39-34-30(32)18-27(22-45)40-34)33(46)16-23-3-4-25(31(15-23)35(36,37)38)19-42-11-9-41(10-12-42)13-14-44/h3-8,15,17-18,24,44-45H,2,9-14,16,19-22H2,1H3,(H,39,40)/t24-/m1/s1. The van der Waals surface area contributed by atoms with Crippen LogP contribution >= 0.6 is 0 Å². The molecule has 250 valence electrons. The van der Waals surface area contributed by atoms with Gasteiger partial charge in [0, 0.05) is 70.2 Å². The first-order valence-corrected chi connectivity index (χ1v) is 16.1. The van der Waals surface area contributed by atoms with E-state index in [1.165, 1.54) is 6.07 Å². The molecule has 0 saturated carbocycles. The van der Waals surface area contributed by atoms with E-state index in [-0.39, 0.29) is 43.6 Å². The molecule has 12 heteroatoms. The van der Waals surface area contributed by atoms with E-state index in [0.29, 0.717) is 74.2 Å². The Morgan fingerprint density at radius 1 is 1.04 bits per heavy atom. The number of aliphatic hydroxyl groups is 2. The van der Waals surface area contributed by atoms with Crippen LogP contribution in [0.5, 0.6) is 11.5 Å². The zero-order chi connectivity index (χ0) is 33.1. The summed E-state index contributed by atoms with van der Waals surface area (Å²) in [5.74, 6) is 1.04. The number of piperazine rings is 1. The Balaban J connectivity index is 1.16. The number of β-amino-alcohol motifs (C(OH)–C–C–N with tert-alkyl or cyclic N) is 1. The number of carbonyl (C=O) groups is 1. The Bertz CT molecular complexity index is 1720. The summed E-state index contributed by atoms with van der Waals surface area (Å²) in [4.78, 5) is 26.8. The van der Waals surface area contributed by atoms with Crippen molar-refractivity contribution < 1.29 is 32.9 Å². The number of H-pyrrole nitrogens is 1. The molecule has 2 aromatic carbocycles. The highest BCUT2D eigenvalue weighted by molar-refractivity contribution is 5.83. The summed E-state index contributed by atoms with van der Waals surface area (Å²) in [7, 11) is 0. The Labute approximate surface area is 271 Å². The van der Waals surface area contributed by atoms with Crippen molar-refractivity contribution >= 4 is 16.9 Å². The van der Waals surface area contributed by atoms with Crippen LogP contribution in [-0.2, 0) is 37.1 Å². The van der Waals surface area contributed by atoms with Crippen LogP contribution in [0.2, 0.25) is 0 Å². The van der Waals surface area contributed by atoms with Crippen molar-refractivity contribution in [3.63, 3.8) is 0 Å². The lowest BCUT2D eigenvalue weighted by Gasteiger charge is -2.35. The van der Waals surface area contributed by atoms with Crippen LogP contribution in [0.25, 0.3) is 11.0 Å². The van der Waals surface area contributed by atoms with E-state index in [1.807, 2.05) is 23.1 Å². The van der Waals surface area contributed by atoms with Gasteiger partial charge in [-0.05, 0) is 59.0 Å². The number of nitrogens with zero attached hydrogens (tertiary/aromatic N) is 4. The zero-order valence-corrected chi connectivity index (χ0v) is 26.4. The molecule has 47 heavy (non-hydrogen) atoms. The number of hydrogen-bond acceptors (Lipinski definition) is 7. The molecule has 9 nitrogen and oxygen atoms in total. The van der Waals surface area contributed by atoms with Gasteiger partial charge in [0.2, 0.25) is 5.91 Å². The molecule has 0 aliphatic carbocycles. The van der Waals surface area contributed by atoms with Crippen LogP contribution in [0.4, 0.5) is 13.2 Å². The summed E-state index contributed by atoms with van der Waals surface area (Å²) >= 11 is 0. The molecule has 6 rings (SSSR count). The van der Waals surface area contributed by atoms with Crippen molar-refractivity contribution in [3.05, 3.63) is 88.2 Å². The predicted octanol–water partition coefficient (Wildman–Crippen LogP) is 5.05. The summed E-state index contributed by atoms with van der Waals surface area (Å²) in [6, 6.07) is 13.7. The Morgan fingerprint density at radius 3 is 2.55 bits per heavy atom. The summed E-state index contributed by atoms with van der Waals surface area (Å²) in [6.45, 7) is 6.20. The molecule has 2 aliphatic rings. The molecular formula is C35H40F3N5O4. The highest BCUT2D eigenvalue weighted by Gasteiger charge is 2.35. The number of amides is 1. The molecule has 4 heterocycles. The molecule has 0 spiro atoms. The van der Waals surface area contributed by atoms with Gasteiger partial charge in [0.05, 0.1) is 30.6 Å². The molecule has 0 radical (unpaired) electrons. The predicted molar refractivity (Wildman–Crippen MR) is 171 cm³/mol. The number of ether oxygens (including phenoxy) is 1. The number of halogens is 3. The van der Waals surface area contributed by atoms with Crippen LogP contribution in [0.3, 0.4) is 0 Å². The normalized spacial score (nSPS) is 17.7. The minimum Gasteiger partial charge on any atom is -0.457 e. The fraction of sp³-hybridized carbons (Fsp3) is 0.429. The maximum absolute atomic E-state index is 14.2. The first-order chi connectivity index (χ1) is 22.6. The van der Waals surface area contributed by atoms with Crippen molar-refractivity contribution in [1.82, 2.24) is 24.7 Å². The maximum Gasteiger partial charge on any atom is 0.416 e. The number of rotatable bonds is 10. The number of alkyl halides is 3. The topological polar surface area (TPSA) is 105 Å². The number of aromatic amines is 1. The largest absolute Gasteiger partial charge is 0.457 e. The number of fused-ring (bicyclic) bond motifs is 2. The van der Waals surface area contributed by atoms with Gasteiger partial charge in [-0.3, -0.25) is 14.6 Å². The second-order valence-electron chi connectivity index (χ2n) is 12.4. The minimum absolute atomic E-state index is 0.0637. The van der Waals surface area contributed by atoms with E-state index in [2.05, 4.69) is 21.8 Å². The van der Waals surface area contributed by atoms with E-state index in [0.717, 1.165) is 29.0 Å². The van der Waals surface area contributed by atoms with Crippen molar-refractivity contribution in [2.24, 2.45) is 0 Å². The fourth-order valence-corrected chi connectivity index (χ4v) is 6.69. The monoisotopic (exact) mass is 651 g/mol. The molecule has 0 bridgehead atoms. The van der Waals surface area contributed by atoms with Crippen LogP contribution in [-0.4, -0.2) is 86.7 Å². The van der Waals surface area contributed by atoms with Gasteiger partial charge in [0.15, 0.2) is 0 Å². The average molecular weight is 652 g/mol. The molecule has 1 atom stereocenters. The van der Waals surface area contributed by atoms with E-state index in [9.17, 15) is 23.1 Å². The molecular weight excluding hydrogens is 611 g/mol. The maximum atomic E-state index is 14.2. The number of hydrogen-bond donors (Lipinski definition) is 3. The number of aromatic nitrogens is 2. The molecule has 0 unspecified atom stereocenters. The lowest BCUT2D eigenvalue weighted by Crippen LogP contribution is -2.46. The first kappa shape index (κ1) is 33.0. The third kappa shape index (κ3) is 7.46. The van der Waals surface area contributed by atoms with E-state index in [1.54, 1.807) is 29.3 Å². The quantitative estimate of drug-likeness (QED) is 0.220. The van der Waals surface area contributed by atoms with Crippen molar-refractivity contribution in [3.8, 4) is 11.5 Å². The van der Waals surface area contributed by atoms with Gasteiger partial charge in [-0.15, -0.1) is 0 Å². The lowest BCUT2D eigenvalue weighted by molar-refractivity contribution is -0.139. The highest BCUT2D eigenvalue weighted by atomic mass is 19.4. The number of nitrogens with one attached hydrogen (secondary N) is 1. The zero-order valence-electron chi connectivity index (χ0n) is 26.4. The van der Waals surface area contributed by atoms with Crippen molar-refractivity contribution in [1.29, 1.82) is 0 Å². The second-order valence-corrected chi connectivity index (χ2v) is 12.4. The average Bonchev–Trinajstić information content (AvgIpc) is 3.50. The Hall–Kier alpha value is -3.97. The fourth-order valence-electron chi connectivity index (χ4n) is 6.69. The van der Waals surface area contributed by atoms with Crippen molar-refractivity contribution in [2.45, 2.75) is 51.6 Å². The van der Waals surface area contributed by atoms with Gasteiger partial charge in [-0.1, -0.05) is 25.1 Å². The van der Waals surface area contributed by atoms with Gasteiger partial charge in [-0.2, -0.15) is 13.2 Å². The van der Waals surface area contributed by atoms with E-state index < -0.39 is 11.7 Å². The minimum atomic E-state index is -4.54.